The van der Waals surface area contributed by atoms with Gasteiger partial charge in [-0.3, -0.25) is 4.79 Å². The average Bonchev–Trinajstić information content (AvgIpc) is 2.73. The first-order valence-electron chi connectivity index (χ1n) is 10.1. The number of hydrazone groups is 1. The van der Waals surface area contributed by atoms with Gasteiger partial charge < -0.3 is 14.5 Å². The van der Waals surface area contributed by atoms with Gasteiger partial charge in [0.05, 0.1) is 12.8 Å². The van der Waals surface area contributed by atoms with Crippen LogP contribution >= 0.6 is 11.6 Å². The van der Waals surface area contributed by atoms with E-state index in [1.165, 1.54) is 10.5 Å². The second kappa shape index (κ2) is 11.0. The second-order valence-electron chi connectivity index (χ2n) is 7.28. The largest absolute Gasteiger partial charge is 0.494 e. The van der Waals surface area contributed by atoms with Gasteiger partial charge in [-0.05, 0) is 48.9 Å². The number of hydrogen-bond acceptors (Lipinski definition) is 3. The van der Waals surface area contributed by atoms with E-state index in [1.807, 2.05) is 43.3 Å². The fraction of sp³-hybridized carbons (Fsp3) is 0.364. The van der Waals surface area contributed by atoms with Crippen LogP contribution in [0.15, 0.2) is 53.6 Å². The maximum atomic E-state index is 12.2. The number of quaternary nitrogens is 2. The molecule has 154 valence electrons. The number of amides is 1. The molecule has 6 nitrogen and oxygen atoms in total. The van der Waals surface area contributed by atoms with Crippen molar-refractivity contribution in [3.05, 3.63) is 64.7 Å². The van der Waals surface area contributed by atoms with Crippen molar-refractivity contribution >= 4 is 23.7 Å². The molecule has 1 aliphatic rings. The van der Waals surface area contributed by atoms with Gasteiger partial charge in [-0.2, -0.15) is 5.10 Å². The van der Waals surface area contributed by atoms with Crippen molar-refractivity contribution in [2.75, 3.05) is 39.3 Å². The van der Waals surface area contributed by atoms with Gasteiger partial charge in [-0.1, -0.05) is 23.7 Å². The summed E-state index contributed by atoms with van der Waals surface area (Å²) in [5.74, 6) is 0.776. The third-order valence-corrected chi connectivity index (χ3v) is 5.29. The van der Waals surface area contributed by atoms with Gasteiger partial charge in [0, 0.05) is 10.6 Å². The number of halogens is 1. The van der Waals surface area contributed by atoms with Gasteiger partial charge in [0.15, 0.2) is 6.54 Å². The van der Waals surface area contributed by atoms with Crippen LogP contribution in [0.25, 0.3) is 0 Å². The zero-order chi connectivity index (χ0) is 20.5. The number of carbonyl (C=O) groups is 1. The highest BCUT2D eigenvalue weighted by molar-refractivity contribution is 6.30. The Hall–Kier alpha value is -2.41. The van der Waals surface area contributed by atoms with Crippen LogP contribution in [-0.2, 0) is 11.3 Å². The van der Waals surface area contributed by atoms with E-state index in [0.29, 0.717) is 13.2 Å². The van der Waals surface area contributed by atoms with Crippen LogP contribution in [0.4, 0.5) is 0 Å². The summed E-state index contributed by atoms with van der Waals surface area (Å²) in [4.78, 5) is 15.0. The molecule has 2 aromatic carbocycles. The molecular formula is C22H29ClN4O2+2. The molecule has 0 unspecified atom stereocenters. The van der Waals surface area contributed by atoms with E-state index in [-0.39, 0.29) is 5.91 Å². The molecular weight excluding hydrogens is 388 g/mol. The van der Waals surface area contributed by atoms with Gasteiger partial charge in [0.2, 0.25) is 0 Å². The first-order chi connectivity index (χ1) is 14.1. The van der Waals surface area contributed by atoms with Crippen molar-refractivity contribution < 1.29 is 19.3 Å². The Morgan fingerprint density at radius 1 is 1.07 bits per heavy atom. The first kappa shape index (κ1) is 21.3. The summed E-state index contributed by atoms with van der Waals surface area (Å²) >= 11 is 5.95. The van der Waals surface area contributed by atoms with Crippen molar-refractivity contribution in [1.82, 2.24) is 5.43 Å². The Balaban J connectivity index is 1.36. The van der Waals surface area contributed by atoms with Crippen LogP contribution in [0.2, 0.25) is 5.02 Å². The summed E-state index contributed by atoms with van der Waals surface area (Å²) < 4.78 is 5.41. The summed E-state index contributed by atoms with van der Waals surface area (Å²) in [6.45, 7) is 8.13. The molecule has 1 heterocycles. The van der Waals surface area contributed by atoms with Crippen LogP contribution < -0.4 is 20.0 Å². The molecule has 0 aliphatic carbocycles. The number of hydrogen-bond donors (Lipinski definition) is 3. The molecule has 0 atom stereocenters. The number of rotatable bonds is 8. The van der Waals surface area contributed by atoms with E-state index < -0.39 is 0 Å². The normalized spacial score (nSPS) is 19.2. The van der Waals surface area contributed by atoms with Crippen molar-refractivity contribution in [2.45, 2.75) is 13.5 Å². The number of piperazine rings is 1. The topological polar surface area (TPSA) is 59.6 Å². The fourth-order valence-corrected chi connectivity index (χ4v) is 3.59. The quantitative estimate of drug-likeness (QED) is 0.424. The highest BCUT2D eigenvalue weighted by Gasteiger charge is 2.24. The molecule has 1 amide bonds. The smallest absolute Gasteiger partial charge is 0.295 e. The van der Waals surface area contributed by atoms with Crippen molar-refractivity contribution in [3.63, 3.8) is 0 Å². The summed E-state index contributed by atoms with van der Waals surface area (Å²) in [7, 11) is 0. The predicted octanol–water partition coefficient (Wildman–Crippen LogP) is 0.172. The Bertz CT molecular complexity index is 801. The van der Waals surface area contributed by atoms with Crippen LogP contribution in [0.5, 0.6) is 5.75 Å². The number of carbonyl (C=O) groups excluding carboxylic acids is 1. The molecule has 3 rings (SSSR count). The Morgan fingerprint density at radius 2 is 1.72 bits per heavy atom. The van der Waals surface area contributed by atoms with Gasteiger partial charge in [0.25, 0.3) is 5.91 Å². The summed E-state index contributed by atoms with van der Waals surface area (Å²) in [6.07, 6.45) is 1.65. The lowest BCUT2D eigenvalue weighted by Crippen LogP contribution is -3.28. The SMILES string of the molecule is CCOc1ccc(/C=N\NC(=O)C[NH+]2CC[NH+](Cc3ccc(Cl)cc3)CC2)cc1. The zero-order valence-electron chi connectivity index (χ0n) is 16.8. The lowest BCUT2D eigenvalue weighted by molar-refractivity contribution is -1.02. The molecule has 3 N–H and O–H groups in total. The van der Waals surface area contributed by atoms with Crippen molar-refractivity contribution in [3.8, 4) is 5.75 Å². The van der Waals surface area contributed by atoms with E-state index in [0.717, 1.165) is 49.1 Å². The third kappa shape index (κ3) is 7.16. The lowest BCUT2D eigenvalue weighted by atomic mass is 10.2. The molecule has 1 fully saturated rings. The second-order valence-corrected chi connectivity index (χ2v) is 7.71. The van der Waals surface area contributed by atoms with Crippen LogP contribution in [-0.4, -0.2) is 51.5 Å². The van der Waals surface area contributed by atoms with Gasteiger partial charge >= 0.3 is 0 Å². The Kier molecular flexibility index (Phi) is 8.04. The zero-order valence-corrected chi connectivity index (χ0v) is 17.5. The first-order valence-corrected chi connectivity index (χ1v) is 10.5. The van der Waals surface area contributed by atoms with Crippen LogP contribution in [0.1, 0.15) is 18.1 Å². The summed E-state index contributed by atoms with van der Waals surface area (Å²) in [6, 6.07) is 15.7. The fourth-order valence-electron chi connectivity index (χ4n) is 3.46. The Morgan fingerprint density at radius 3 is 2.38 bits per heavy atom. The highest BCUT2D eigenvalue weighted by atomic mass is 35.5. The number of nitrogens with zero attached hydrogens (tertiary/aromatic N) is 1. The predicted molar refractivity (Wildman–Crippen MR) is 115 cm³/mol. The Labute approximate surface area is 177 Å². The third-order valence-electron chi connectivity index (χ3n) is 5.04. The minimum absolute atomic E-state index is 0.0525. The van der Waals surface area contributed by atoms with Gasteiger partial charge in [-0.15, -0.1) is 0 Å². The van der Waals surface area contributed by atoms with E-state index in [4.69, 9.17) is 16.3 Å². The molecule has 2 aromatic rings. The van der Waals surface area contributed by atoms with E-state index >= 15 is 0 Å². The van der Waals surface area contributed by atoms with Crippen LogP contribution in [0, 0.1) is 0 Å². The minimum Gasteiger partial charge on any atom is -0.494 e. The molecule has 1 saturated heterocycles. The van der Waals surface area contributed by atoms with Gasteiger partial charge in [-0.25, -0.2) is 5.43 Å². The molecule has 0 radical (unpaired) electrons. The minimum atomic E-state index is -0.0525. The summed E-state index contributed by atoms with van der Waals surface area (Å²) in [5.41, 5.74) is 4.85. The van der Waals surface area contributed by atoms with E-state index in [2.05, 4.69) is 22.7 Å². The van der Waals surface area contributed by atoms with Crippen molar-refractivity contribution in [1.29, 1.82) is 0 Å². The van der Waals surface area contributed by atoms with E-state index in [9.17, 15) is 4.79 Å². The molecule has 0 bridgehead atoms. The number of nitrogens with one attached hydrogen (secondary N) is 3. The number of ether oxygens (including phenoxy) is 1. The number of benzene rings is 2. The van der Waals surface area contributed by atoms with Crippen LogP contribution in [0.3, 0.4) is 0 Å². The lowest BCUT2D eigenvalue weighted by Gasteiger charge is -2.29. The molecule has 29 heavy (non-hydrogen) atoms. The molecule has 1 aliphatic heterocycles. The summed E-state index contributed by atoms with van der Waals surface area (Å²) in [5, 5.41) is 4.84. The molecule has 0 saturated carbocycles. The monoisotopic (exact) mass is 416 g/mol. The van der Waals surface area contributed by atoms with E-state index in [1.54, 1.807) is 11.1 Å². The molecule has 0 aromatic heterocycles. The standard InChI is InChI=1S/C22H27ClN4O2/c1-2-29-21-9-5-18(6-10-21)15-24-25-22(28)17-27-13-11-26(12-14-27)16-19-3-7-20(23)8-4-19/h3-10,15H,2,11-14,16-17H2,1H3,(H,25,28)/p+2/b24-15-. The highest BCUT2D eigenvalue weighted by Crippen LogP contribution is 2.10. The molecule has 7 heteroatoms. The average molecular weight is 417 g/mol. The van der Waals surface area contributed by atoms with Gasteiger partial charge in [0.1, 0.15) is 38.5 Å². The maximum Gasteiger partial charge on any atom is 0.295 e. The molecule has 0 spiro atoms. The maximum absolute atomic E-state index is 12.2. The van der Waals surface area contributed by atoms with Crippen molar-refractivity contribution in [2.24, 2.45) is 5.10 Å².